The minimum absolute atomic E-state index is 0.365. The smallest absolute Gasteiger partial charge is 0.161 e. The molecule has 10 heteroatoms. The van der Waals surface area contributed by atoms with Gasteiger partial charge in [0.15, 0.2) is 23.3 Å². The van der Waals surface area contributed by atoms with Crippen LogP contribution in [0.5, 0.6) is 0 Å². The number of hydrogen-bond donors (Lipinski definition) is 4. The van der Waals surface area contributed by atoms with Crippen LogP contribution < -0.4 is 20.4 Å². The molecule has 0 aromatic carbocycles. The second kappa shape index (κ2) is 10.7. The number of nitrogens with one attached hydrogen (secondary N) is 2. The Morgan fingerprint density at radius 3 is 1.38 bits per heavy atom. The summed E-state index contributed by atoms with van der Waals surface area (Å²) in [6.07, 6.45) is 5.15. The van der Waals surface area contributed by atoms with E-state index in [1.807, 2.05) is 0 Å². The molecule has 0 saturated carbocycles. The Hall–Kier alpha value is -2.14. The summed E-state index contributed by atoms with van der Waals surface area (Å²) in [7, 11) is 3.60. The predicted molar refractivity (Wildman–Crippen MR) is 125 cm³/mol. The molecular formula is C22H36N8O2. The minimum atomic E-state index is -0.822. The molecule has 2 aliphatic heterocycles. The van der Waals surface area contributed by atoms with E-state index in [-0.39, 0.29) is 0 Å². The average molecular weight is 445 g/mol. The SMILES string of the molecule is CNCC(O)c1nc(N2CCCCC2)c2nc(C(O)CNC)nc(N3CCCCC3)c2n1. The van der Waals surface area contributed by atoms with E-state index < -0.39 is 12.2 Å². The standard InChI is InChI=1S/C22H36N8O2/c1-23-13-15(31)19-25-17-18(21(27-19)29-9-5-3-6-10-29)26-20(16(32)14-24-2)28-22(17)30-11-7-4-8-12-30/h15-16,23-24,31-32H,3-14H2,1-2H3. The van der Waals surface area contributed by atoms with Crippen LogP contribution in [0.1, 0.15) is 62.4 Å². The topological polar surface area (TPSA) is 123 Å². The maximum Gasteiger partial charge on any atom is 0.161 e. The van der Waals surface area contributed by atoms with Crippen molar-refractivity contribution in [3.63, 3.8) is 0 Å². The fraction of sp³-hybridized carbons (Fsp3) is 0.727. The second-order valence-corrected chi connectivity index (χ2v) is 8.75. The van der Waals surface area contributed by atoms with Gasteiger partial charge in [-0.25, -0.2) is 19.9 Å². The van der Waals surface area contributed by atoms with Crippen molar-refractivity contribution in [2.24, 2.45) is 0 Å². The zero-order valence-electron chi connectivity index (χ0n) is 19.2. The Bertz CT molecular complexity index is 826. The van der Waals surface area contributed by atoms with Crippen molar-refractivity contribution < 1.29 is 10.2 Å². The van der Waals surface area contributed by atoms with Gasteiger partial charge in [-0.2, -0.15) is 0 Å². The highest BCUT2D eigenvalue weighted by Gasteiger charge is 2.27. The zero-order valence-corrected chi connectivity index (χ0v) is 19.2. The van der Waals surface area contributed by atoms with Crippen molar-refractivity contribution in [2.45, 2.75) is 50.7 Å². The van der Waals surface area contributed by atoms with Crippen LogP contribution in [0.15, 0.2) is 0 Å². The number of piperidine rings is 2. The van der Waals surface area contributed by atoms with Gasteiger partial charge in [0.25, 0.3) is 0 Å². The first-order valence-electron chi connectivity index (χ1n) is 11.9. The van der Waals surface area contributed by atoms with Crippen LogP contribution in [0.25, 0.3) is 11.0 Å². The summed E-state index contributed by atoms with van der Waals surface area (Å²) in [5, 5.41) is 27.4. The molecule has 0 aliphatic carbocycles. The maximum atomic E-state index is 10.7. The number of fused-ring (bicyclic) bond motifs is 1. The van der Waals surface area contributed by atoms with Gasteiger partial charge in [-0.1, -0.05) is 0 Å². The van der Waals surface area contributed by atoms with Gasteiger partial charge in [0.2, 0.25) is 0 Å². The number of likely N-dealkylation sites (N-methyl/N-ethyl adjacent to an activating group) is 2. The maximum absolute atomic E-state index is 10.7. The molecule has 2 saturated heterocycles. The third kappa shape index (κ3) is 4.93. The highest BCUT2D eigenvalue weighted by atomic mass is 16.3. The summed E-state index contributed by atoms with van der Waals surface area (Å²) in [5.74, 6) is 2.24. The van der Waals surface area contributed by atoms with Crippen molar-refractivity contribution in [1.82, 2.24) is 30.6 Å². The lowest BCUT2D eigenvalue weighted by Crippen LogP contribution is -2.33. The molecule has 176 valence electrons. The van der Waals surface area contributed by atoms with Gasteiger partial charge in [0, 0.05) is 39.3 Å². The van der Waals surface area contributed by atoms with Crippen molar-refractivity contribution in [1.29, 1.82) is 0 Å². The molecule has 0 spiro atoms. The highest BCUT2D eigenvalue weighted by Crippen LogP contribution is 2.33. The summed E-state index contributed by atoms with van der Waals surface area (Å²) in [6, 6.07) is 0. The van der Waals surface area contributed by atoms with E-state index in [1.54, 1.807) is 14.1 Å². The summed E-state index contributed by atoms with van der Waals surface area (Å²) >= 11 is 0. The lowest BCUT2D eigenvalue weighted by Gasteiger charge is -2.31. The third-order valence-corrected chi connectivity index (χ3v) is 6.24. The third-order valence-electron chi connectivity index (χ3n) is 6.24. The quantitative estimate of drug-likeness (QED) is 0.467. The second-order valence-electron chi connectivity index (χ2n) is 8.75. The largest absolute Gasteiger partial charge is 0.384 e. The Kier molecular flexibility index (Phi) is 7.67. The number of nitrogens with zero attached hydrogens (tertiary/aromatic N) is 6. The van der Waals surface area contributed by atoms with Crippen LogP contribution in [0, 0.1) is 0 Å². The Balaban J connectivity index is 1.92. The van der Waals surface area contributed by atoms with Gasteiger partial charge < -0.3 is 30.6 Å². The monoisotopic (exact) mass is 444 g/mol. The lowest BCUT2D eigenvalue weighted by atomic mass is 10.1. The van der Waals surface area contributed by atoms with Crippen molar-refractivity contribution in [3.05, 3.63) is 11.6 Å². The average Bonchev–Trinajstić information content (AvgIpc) is 2.84. The fourth-order valence-corrected chi connectivity index (χ4v) is 4.54. The zero-order chi connectivity index (χ0) is 22.5. The number of anilines is 2. The van der Waals surface area contributed by atoms with Crippen molar-refractivity contribution in [3.8, 4) is 0 Å². The lowest BCUT2D eigenvalue weighted by molar-refractivity contribution is 0.167. The first-order valence-corrected chi connectivity index (χ1v) is 11.9. The molecule has 2 fully saturated rings. The summed E-state index contributed by atoms with van der Waals surface area (Å²) < 4.78 is 0. The number of rotatable bonds is 8. The van der Waals surface area contributed by atoms with E-state index in [2.05, 4.69) is 20.4 Å². The molecule has 10 nitrogen and oxygen atoms in total. The first-order chi connectivity index (χ1) is 15.6. The van der Waals surface area contributed by atoms with Gasteiger partial charge in [0.05, 0.1) is 0 Å². The number of aliphatic hydroxyl groups excluding tert-OH is 2. The summed E-state index contributed by atoms with van der Waals surface area (Å²) in [4.78, 5) is 23.6. The van der Waals surface area contributed by atoms with Gasteiger partial charge in [-0.05, 0) is 52.6 Å². The molecule has 2 aromatic rings. The van der Waals surface area contributed by atoms with Crippen molar-refractivity contribution >= 4 is 22.7 Å². The van der Waals surface area contributed by atoms with Gasteiger partial charge in [-0.15, -0.1) is 0 Å². The molecule has 0 bridgehead atoms. The van der Waals surface area contributed by atoms with Gasteiger partial charge in [0.1, 0.15) is 23.2 Å². The van der Waals surface area contributed by atoms with E-state index >= 15 is 0 Å². The van der Waals surface area contributed by atoms with Gasteiger partial charge in [-0.3, -0.25) is 0 Å². The molecule has 4 rings (SSSR count). The molecule has 0 radical (unpaired) electrons. The molecule has 2 aliphatic rings. The van der Waals surface area contributed by atoms with E-state index in [0.717, 1.165) is 63.5 Å². The minimum Gasteiger partial charge on any atom is -0.384 e. The molecule has 2 unspecified atom stereocenters. The summed E-state index contributed by atoms with van der Waals surface area (Å²) in [5.41, 5.74) is 1.32. The molecule has 4 heterocycles. The van der Waals surface area contributed by atoms with Crippen LogP contribution in [0.3, 0.4) is 0 Å². The Morgan fingerprint density at radius 2 is 1.03 bits per heavy atom. The molecule has 2 aromatic heterocycles. The van der Waals surface area contributed by atoms with Crippen molar-refractivity contribution in [2.75, 3.05) is 63.2 Å². The number of aromatic nitrogens is 4. The summed E-state index contributed by atoms with van der Waals surface area (Å²) in [6.45, 7) is 4.31. The molecular weight excluding hydrogens is 408 g/mol. The highest BCUT2D eigenvalue weighted by molar-refractivity contribution is 5.93. The van der Waals surface area contributed by atoms with E-state index in [0.29, 0.717) is 35.8 Å². The van der Waals surface area contributed by atoms with Crippen LogP contribution in [-0.2, 0) is 0 Å². The Labute approximate surface area is 189 Å². The normalized spacial score (nSPS) is 19.4. The van der Waals surface area contributed by atoms with Crippen LogP contribution in [-0.4, -0.2) is 83.5 Å². The predicted octanol–water partition coefficient (Wildman–Crippen LogP) is 0.906. The number of hydrogen-bond acceptors (Lipinski definition) is 10. The number of aliphatic hydroxyl groups is 2. The Morgan fingerprint density at radius 1 is 0.656 bits per heavy atom. The molecule has 0 amide bonds. The van der Waals surface area contributed by atoms with Crippen LogP contribution in [0.4, 0.5) is 11.6 Å². The van der Waals surface area contributed by atoms with E-state index in [1.165, 1.54) is 12.8 Å². The van der Waals surface area contributed by atoms with E-state index in [4.69, 9.17) is 19.9 Å². The van der Waals surface area contributed by atoms with Crippen LogP contribution >= 0.6 is 0 Å². The van der Waals surface area contributed by atoms with E-state index in [9.17, 15) is 10.2 Å². The molecule has 4 N–H and O–H groups in total. The fourth-order valence-electron chi connectivity index (χ4n) is 4.54. The molecule has 2 atom stereocenters. The van der Waals surface area contributed by atoms with Crippen LogP contribution in [0.2, 0.25) is 0 Å². The first kappa shape index (κ1) is 23.0. The van der Waals surface area contributed by atoms with Gasteiger partial charge >= 0.3 is 0 Å². The molecule has 32 heavy (non-hydrogen) atoms.